The summed E-state index contributed by atoms with van der Waals surface area (Å²) in [5.74, 6) is -0.378. The maximum atomic E-state index is 13.3. The van der Waals surface area contributed by atoms with Crippen LogP contribution in [0.1, 0.15) is 60.0 Å². The van der Waals surface area contributed by atoms with E-state index in [-0.39, 0.29) is 42.8 Å². The Morgan fingerprint density at radius 1 is 1.11 bits per heavy atom. The molecule has 7 rings (SSSR count). The number of halogens is 1. The molecule has 38 heavy (non-hydrogen) atoms. The molecule has 3 amide bonds. The van der Waals surface area contributed by atoms with Gasteiger partial charge in [0.05, 0.1) is 17.9 Å². The van der Waals surface area contributed by atoms with E-state index in [4.69, 9.17) is 20.8 Å². The Bertz CT molecular complexity index is 1480. The standard InChI is InChI=1S/C25H22ClN7O5/c26-16-8-12(7-14-15(16)11-33(23(14)36)18-3-4-19(34)29-21(18)35)25(5-6-25)30-24-32-31-22(38-24)17-9-28-20(10-27-17)37-13-1-2-13/h7-10,13,18H,1-6,11H2,(H,30,32)(H,29,34,35). The highest BCUT2D eigenvalue weighted by Gasteiger charge is 2.48. The van der Waals surface area contributed by atoms with E-state index in [0.717, 1.165) is 31.2 Å². The van der Waals surface area contributed by atoms with Gasteiger partial charge in [-0.2, -0.15) is 0 Å². The molecule has 3 aromatic rings. The molecule has 12 nitrogen and oxygen atoms in total. The third-order valence-corrected chi connectivity index (χ3v) is 7.67. The van der Waals surface area contributed by atoms with Gasteiger partial charge in [-0.1, -0.05) is 16.7 Å². The number of imide groups is 1. The quantitative estimate of drug-likeness (QED) is 0.431. The number of piperidine rings is 1. The van der Waals surface area contributed by atoms with Gasteiger partial charge in [-0.3, -0.25) is 19.7 Å². The smallest absolute Gasteiger partial charge is 0.316 e. The van der Waals surface area contributed by atoms with Crippen LogP contribution in [0.5, 0.6) is 5.88 Å². The molecule has 1 unspecified atom stereocenters. The molecule has 2 saturated carbocycles. The number of rotatable bonds is 7. The maximum absolute atomic E-state index is 13.3. The zero-order valence-electron chi connectivity index (χ0n) is 20.1. The van der Waals surface area contributed by atoms with Gasteiger partial charge in [-0.25, -0.2) is 9.97 Å². The van der Waals surface area contributed by atoms with Gasteiger partial charge in [-0.05, 0) is 49.8 Å². The first-order valence-electron chi connectivity index (χ1n) is 12.5. The minimum atomic E-state index is -0.700. The lowest BCUT2D eigenvalue weighted by Crippen LogP contribution is -2.52. The number of hydrogen-bond donors (Lipinski definition) is 2. The fraction of sp³-hybridized carbons (Fsp3) is 0.400. The first kappa shape index (κ1) is 23.1. The molecule has 2 aliphatic carbocycles. The highest BCUT2D eigenvalue weighted by atomic mass is 35.5. The van der Waals surface area contributed by atoms with E-state index in [2.05, 4.69) is 30.8 Å². The second kappa shape index (κ2) is 8.48. The molecule has 1 atom stereocenters. The predicted molar refractivity (Wildman–Crippen MR) is 131 cm³/mol. The van der Waals surface area contributed by atoms with Gasteiger partial charge >= 0.3 is 6.01 Å². The summed E-state index contributed by atoms with van der Waals surface area (Å²) in [5.41, 5.74) is 1.87. The first-order chi connectivity index (χ1) is 18.4. The van der Waals surface area contributed by atoms with Crippen molar-refractivity contribution in [1.29, 1.82) is 0 Å². The van der Waals surface area contributed by atoms with Crippen LogP contribution in [0.4, 0.5) is 6.01 Å². The molecule has 0 bridgehead atoms. The number of aromatic nitrogens is 4. The van der Waals surface area contributed by atoms with Crippen molar-refractivity contribution >= 4 is 35.3 Å². The summed E-state index contributed by atoms with van der Waals surface area (Å²) in [6.45, 7) is 0.221. The van der Waals surface area contributed by atoms with Crippen molar-refractivity contribution in [2.24, 2.45) is 0 Å². The second-order valence-electron chi connectivity index (χ2n) is 10.1. The third-order valence-electron chi connectivity index (χ3n) is 7.33. The van der Waals surface area contributed by atoms with Crippen LogP contribution in [0.3, 0.4) is 0 Å². The maximum Gasteiger partial charge on any atom is 0.316 e. The van der Waals surface area contributed by atoms with Gasteiger partial charge in [0, 0.05) is 29.1 Å². The molecule has 13 heteroatoms. The molecule has 2 aliphatic heterocycles. The number of carbonyl (C=O) groups is 3. The van der Waals surface area contributed by atoms with Crippen molar-refractivity contribution in [2.45, 2.75) is 62.8 Å². The van der Waals surface area contributed by atoms with Crippen LogP contribution >= 0.6 is 11.6 Å². The Kier molecular flexibility index (Phi) is 5.15. The summed E-state index contributed by atoms with van der Waals surface area (Å²) in [7, 11) is 0. The summed E-state index contributed by atoms with van der Waals surface area (Å²) in [6, 6.07) is 3.17. The predicted octanol–water partition coefficient (Wildman–Crippen LogP) is 2.58. The van der Waals surface area contributed by atoms with E-state index >= 15 is 0 Å². The monoisotopic (exact) mass is 535 g/mol. The molecule has 1 saturated heterocycles. The fourth-order valence-electron chi connectivity index (χ4n) is 4.93. The van der Waals surface area contributed by atoms with E-state index < -0.39 is 17.5 Å². The number of amides is 3. The van der Waals surface area contributed by atoms with Crippen LogP contribution in [-0.2, 0) is 21.7 Å². The molecule has 3 fully saturated rings. The highest BCUT2D eigenvalue weighted by molar-refractivity contribution is 6.32. The average Bonchev–Trinajstić information content (AvgIpc) is 3.80. The first-order valence-corrected chi connectivity index (χ1v) is 12.8. The molecule has 4 heterocycles. The minimum absolute atomic E-state index is 0.193. The van der Waals surface area contributed by atoms with Crippen molar-refractivity contribution < 1.29 is 23.5 Å². The molecular formula is C25H22ClN7O5. The molecule has 0 spiro atoms. The van der Waals surface area contributed by atoms with Gasteiger partial charge in [0.25, 0.3) is 11.8 Å². The number of benzene rings is 1. The number of carbonyl (C=O) groups excluding carboxylic acids is 3. The van der Waals surface area contributed by atoms with Crippen LogP contribution in [-0.4, -0.2) is 54.9 Å². The largest absolute Gasteiger partial charge is 0.473 e. The number of anilines is 1. The average molecular weight is 536 g/mol. The number of nitrogens with one attached hydrogen (secondary N) is 2. The van der Waals surface area contributed by atoms with Gasteiger partial charge < -0.3 is 19.4 Å². The van der Waals surface area contributed by atoms with Gasteiger partial charge in [0.2, 0.25) is 17.7 Å². The van der Waals surface area contributed by atoms with Crippen molar-refractivity contribution in [3.05, 3.63) is 46.2 Å². The highest BCUT2D eigenvalue weighted by Crippen LogP contribution is 2.50. The van der Waals surface area contributed by atoms with E-state index in [1.54, 1.807) is 0 Å². The Labute approximate surface area is 221 Å². The topological polar surface area (TPSA) is 152 Å². The van der Waals surface area contributed by atoms with E-state index in [0.29, 0.717) is 34.1 Å². The zero-order valence-corrected chi connectivity index (χ0v) is 20.8. The van der Waals surface area contributed by atoms with E-state index in [1.165, 1.54) is 17.3 Å². The molecule has 1 aromatic carbocycles. The Morgan fingerprint density at radius 2 is 1.95 bits per heavy atom. The molecule has 2 aromatic heterocycles. The van der Waals surface area contributed by atoms with Gasteiger partial charge in [0.15, 0.2) is 0 Å². The lowest BCUT2D eigenvalue weighted by molar-refractivity contribution is -0.136. The lowest BCUT2D eigenvalue weighted by atomic mass is 9.99. The molecule has 2 N–H and O–H groups in total. The third kappa shape index (κ3) is 4.05. The molecule has 4 aliphatic rings. The van der Waals surface area contributed by atoms with Crippen molar-refractivity contribution in [3.8, 4) is 17.5 Å². The number of ether oxygens (including phenoxy) is 1. The normalized spacial score (nSPS) is 21.8. The van der Waals surface area contributed by atoms with Crippen molar-refractivity contribution in [1.82, 2.24) is 30.4 Å². The zero-order chi connectivity index (χ0) is 26.0. The van der Waals surface area contributed by atoms with Gasteiger partial charge in [-0.15, -0.1) is 5.10 Å². The number of nitrogens with zero attached hydrogens (tertiary/aromatic N) is 5. The fourth-order valence-corrected chi connectivity index (χ4v) is 5.21. The molecule has 194 valence electrons. The summed E-state index contributed by atoms with van der Waals surface area (Å²) in [6.07, 6.45) is 7.40. The van der Waals surface area contributed by atoms with Crippen LogP contribution < -0.4 is 15.4 Å². The summed E-state index contributed by atoms with van der Waals surface area (Å²) in [5, 5.41) is 14.3. The van der Waals surface area contributed by atoms with E-state index in [9.17, 15) is 14.4 Å². The molecular weight excluding hydrogens is 514 g/mol. The van der Waals surface area contributed by atoms with Crippen LogP contribution in [0.2, 0.25) is 5.02 Å². The Hall–Kier alpha value is -4.06. The van der Waals surface area contributed by atoms with Crippen molar-refractivity contribution in [3.63, 3.8) is 0 Å². The number of fused-ring (bicyclic) bond motifs is 1. The summed E-state index contributed by atoms with van der Waals surface area (Å²) < 4.78 is 11.4. The Morgan fingerprint density at radius 3 is 2.66 bits per heavy atom. The van der Waals surface area contributed by atoms with Crippen molar-refractivity contribution in [2.75, 3.05) is 5.32 Å². The van der Waals surface area contributed by atoms with Gasteiger partial charge in [0.1, 0.15) is 17.8 Å². The molecule has 0 radical (unpaired) electrons. The van der Waals surface area contributed by atoms with Crippen LogP contribution in [0, 0.1) is 0 Å². The van der Waals surface area contributed by atoms with Crippen LogP contribution in [0.15, 0.2) is 28.9 Å². The summed E-state index contributed by atoms with van der Waals surface area (Å²) >= 11 is 6.63. The lowest BCUT2D eigenvalue weighted by Gasteiger charge is -2.29. The Balaban J connectivity index is 1.09. The SMILES string of the molecule is O=C1CCC(N2Cc3c(Cl)cc(C4(Nc5nnc(-c6cnc(OC7CC7)cn6)o5)CC4)cc3C2=O)C(=O)N1. The van der Waals surface area contributed by atoms with Crippen LogP contribution in [0.25, 0.3) is 11.6 Å². The second-order valence-corrected chi connectivity index (χ2v) is 10.5. The number of hydrogen-bond acceptors (Lipinski definition) is 10. The van der Waals surface area contributed by atoms with E-state index in [1.807, 2.05) is 12.1 Å². The minimum Gasteiger partial charge on any atom is -0.473 e. The summed E-state index contributed by atoms with van der Waals surface area (Å²) in [4.78, 5) is 47.3.